The molecule has 0 radical (unpaired) electrons. The van der Waals surface area contributed by atoms with Crippen LogP contribution in [-0.2, 0) is 0 Å². The van der Waals surface area contributed by atoms with Gasteiger partial charge in [-0.25, -0.2) is 0 Å². The van der Waals surface area contributed by atoms with Gasteiger partial charge in [0.1, 0.15) is 0 Å². The van der Waals surface area contributed by atoms with E-state index in [1.807, 2.05) is 0 Å². The zero-order chi connectivity index (χ0) is 16.9. The van der Waals surface area contributed by atoms with Crippen molar-refractivity contribution in [2.24, 2.45) is 0 Å². The van der Waals surface area contributed by atoms with E-state index in [4.69, 9.17) is 0 Å². The van der Waals surface area contributed by atoms with Crippen molar-refractivity contribution in [1.29, 1.82) is 0 Å². The molecular formula is C18H20F3NO. The molecule has 0 aliphatic carbocycles. The Labute approximate surface area is 134 Å². The summed E-state index contributed by atoms with van der Waals surface area (Å²) in [5, 5.41) is 13.4. The van der Waals surface area contributed by atoms with E-state index in [0.717, 1.165) is 0 Å². The molecule has 0 fully saturated rings. The molecule has 0 bridgehead atoms. The number of hydrogen-bond acceptors (Lipinski definition) is 2. The fourth-order valence-corrected chi connectivity index (χ4v) is 2.66. The minimum absolute atomic E-state index is 0.218. The van der Waals surface area contributed by atoms with Gasteiger partial charge in [-0.05, 0) is 24.1 Å². The van der Waals surface area contributed by atoms with Gasteiger partial charge < -0.3 is 10.4 Å². The fourth-order valence-electron chi connectivity index (χ4n) is 2.66. The summed E-state index contributed by atoms with van der Waals surface area (Å²) in [7, 11) is 0. The topological polar surface area (TPSA) is 32.3 Å². The molecule has 0 aliphatic rings. The summed E-state index contributed by atoms with van der Waals surface area (Å²) < 4.78 is 40.9. The molecule has 5 heteroatoms. The summed E-state index contributed by atoms with van der Waals surface area (Å²) in [6.07, 6.45) is -4.91. The van der Waals surface area contributed by atoms with Gasteiger partial charge in [0.15, 0.2) is 5.60 Å². The quantitative estimate of drug-likeness (QED) is 0.790. The molecular weight excluding hydrogens is 303 g/mol. The maximum absolute atomic E-state index is 13.6. The predicted octanol–water partition coefficient (Wildman–Crippen LogP) is 4.93. The van der Waals surface area contributed by atoms with E-state index in [-0.39, 0.29) is 12.8 Å². The SMILES string of the molecule is CCCC(O)(C(Nc1ccccc1)c1ccccc1)C(F)(F)F. The lowest BCUT2D eigenvalue weighted by Crippen LogP contribution is -2.52. The van der Waals surface area contributed by atoms with Crippen LogP contribution in [-0.4, -0.2) is 16.9 Å². The van der Waals surface area contributed by atoms with Crippen molar-refractivity contribution in [3.63, 3.8) is 0 Å². The zero-order valence-corrected chi connectivity index (χ0v) is 12.8. The van der Waals surface area contributed by atoms with Crippen molar-refractivity contribution >= 4 is 5.69 Å². The third-order valence-corrected chi connectivity index (χ3v) is 3.82. The number of halogens is 3. The first-order valence-corrected chi connectivity index (χ1v) is 7.54. The van der Waals surface area contributed by atoms with Crippen LogP contribution in [0.1, 0.15) is 31.4 Å². The summed E-state index contributed by atoms with van der Waals surface area (Å²) in [5.41, 5.74) is -1.93. The molecule has 2 unspecified atom stereocenters. The second-order valence-corrected chi connectivity index (χ2v) is 5.53. The van der Waals surface area contributed by atoms with Crippen molar-refractivity contribution in [3.05, 3.63) is 66.2 Å². The minimum atomic E-state index is -4.74. The highest BCUT2D eigenvalue weighted by Crippen LogP contribution is 2.44. The molecule has 2 N–H and O–H groups in total. The summed E-state index contributed by atoms with van der Waals surface area (Å²) in [4.78, 5) is 0. The van der Waals surface area contributed by atoms with Crippen molar-refractivity contribution < 1.29 is 18.3 Å². The van der Waals surface area contributed by atoms with Crippen LogP contribution in [0.15, 0.2) is 60.7 Å². The Morgan fingerprint density at radius 2 is 1.48 bits per heavy atom. The van der Waals surface area contributed by atoms with Gasteiger partial charge in [0.2, 0.25) is 0 Å². The average molecular weight is 323 g/mol. The molecule has 0 aromatic heterocycles. The normalized spacial score (nSPS) is 15.7. The second kappa shape index (κ2) is 7.04. The highest BCUT2D eigenvalue weighted by molar-refractivity contribution is 5.46. The van der Waals surface area contributed by atoms with Gasteiger partial charge in [0.25, 0.3) is 0 Å². The fraction of sp³-hybridized carbons (Fsp3) is 0.333. The lowest BCUT2D eigenvalue weighted by atomic mass is 9.84. The van der Waals surface area contributed by atoms with E-state index >= 15 is 0 Å². The Morgan fingerprint density at radius 3 is 1.96 bits per heavy atom. The van der Waals surface area contributed by atoms with Crippen molar-refractivity contribution in [2.45, 2.75) is 37.6 Å². The van der Waals surface area contributed by atoms with Gasteiger partial charge in [-0.15, -0.1) is 0 Å². The Balaban J connectivity index is 2.47. The van der Waals surface area contributed by atoms with E-state index in [1.54, 1.807) is 67.6 Å². The van der Waals surface area contributed by atoms with Gasteiger partial charge >= 0.3 is 6.18 Å². The van der Waals surface area contributed by atoms with Gasteiger partial charge in [-0.3, -0.25) is 0 Å². The van der Waals surface area contributed by atoms with Gasteiger partial charge in [0, 0.05) is 5.69 Å². The lowest BCUT2D eigenvalue weighted by molar-refractivity contribution is -0.269. The second-order valence-electron chi connectivity index (χ2n) is 5.53. The molecule has 23 heavy (non-hydrogen) atoms. The Hall–Kier alpha value is -2.01. The Bertz CT molecular complexity index is 601. The summed E-state index contributed by atoms with van der Waals surface area (Å²) >= 11 is 0. The third-order valence-electron chi connectivity index (χ3n) is 3.82. The molecule has 2 atom stereocenters. The molecule has 2 aromatic rings. The molecule has 0 aliphatic heterocycles. The largest absolute Gasteiger partial charge is 0.419 e. The highest BCUT2D eigenvalue weighted by Gasteiger charge is 2.58. The number of para-hydroxylation sites is 1. The van der Waals surface area contributed by atoms with E-state index in [1.165, 1.54) is 0 Å². The first kappa shape index (κ1) is 17.3. The molecule has 0 saturated heterocycles. The molecule has 2 aromatic carbocycles. The van der Waals surface area contributed by atoms with Crippen molar-refractivity contribution in [2.75, 3.05) is 5.32 Å². The van der Waals surface area contributed by atoms with Crippen LogP contribution in [0.4, 0.5) is 18.9 Å². The molecule has 2 nitrogen and oxygen atoms in total. The Morgan fingerprint density at radius 1 is 0.957 bits per heavy atom. The number of alkyl halides is 3. The molecule has 124 valence electrons. The lowest BCUT2D eigenvalue weighted by Gasteiger charge is -2.39. The van der Waals surface area contributed by atoms with Gasteiger partial charge in [0.05, 0.1) is 6.04 Å². The minimum Gasteiger partial charge on any atom is -0.379 e. The highest BCUT2D eigenvalue weighted by atomic mass is 19.4. The summed E-state index contributed by atoms with van der Waals surface area (Å²) in [6.45, 7) is 1.63. The van der Waals surface area contributed by atoms with Crippen LogP contribution in [0.25, 0.3) is 0 Å². The monoisotopic (exact) mass is 323 g/mol. The van der Waals surface area contributed by atoms with Crippen LogP contribution in [0, 0.1) is 0 Å². The number of hydrogen-bond donors (Lipinski definition) is 2. The van der Waals surface area contributed by atoms with Crippen LogP contribution in [0.3, 0.4) is 0 Å². The first-order valence-electron chi connectivity index (χ1n) is 7.54. The van der Waals surface area contributed by atoms with E-state index in [2.05, 4.69) is 5.32 Å². The van der Waals surface area contributed by atoms with Crippen LogP contribution < -0.4 is 5.32 Å². The smallest absolute Gasteiger partial charge is 0.379 e. The van der Waals surface area contributed by atoms with E-state index < -0.39 is 17.8 Å². The number of aliphatic hydroxyl groups is 1. The van der Waals surface area contributed by atoms with Crippen molar-refractivity contribution in [1.82, 2.24) is 0 Å². The molecule has 0 spiro atoms. The molecule has 0 amide bonds. The number of anilines is 1. The summed E-state index contributed by atoms with van der Waals surface area (Å²) in [5.74, 6) is 0. The van der Waals surface area contributed by atoms with Gasteiger partial charge in [-0.2, -0.15) is 13.2 Å². The van der Waals surface area contributed by atoms with Gasteiger partial charge in [-0.1, -0.05) is 61.9 Å². The zero-order valence-electron chi connectivity index (χ0n) is 12.8. The standard InChI is InChI=1S/C18H20F3NO/c1-2-13-17(23,18(19,20)21)16(14-9-5-3-6-10-14)22-15-11-7-4-8-12-15/h3-12,16,22-23H,2,13H2,1H3. The average Bonchev–Trinajstić information content (AvgIpc) is 2.53. The first-order chi connectivity index (χ1) is 10.9. The van der Waals surface area contributed by atoms with E-state index in [0.29, 0.717) is 11.3 Å². The van der Waals surface area contributed by atoms with Crippen LogP contribution in [0.5, 0.6) is 0 Å². The number of nitrogens with one attached hydrogen (secondary N) is 1. The predicted molar refractivity (Wildman–Crippen MR) is 85.2 cm³/mol. The molecule has 0 heterocycles. The molecule has 2 rings (SSSR count). The van der Waals surface area contributed by atoms with Crippen molar-refractivity contribution in [3.8, 4) is 0 Å². The van der Waals surface area contributed by atoms with Crippen LogP contribution >= 0.6 is 0 Å². The maximum Gasteiger partial charge on any atom is 0.419 e. The number of rotatable bonds is 6. The number of benzene rings is 2. The maximum atomic E-state index is 13.6. The Kier molecular flexibility index (Phi) is 5.31. The molecule has 0 saturated carbocycles. The third kappa shape index (κ3) is 3.85. The van der Waals surface area contributed by atoms with E-state index in [9.17, 15) is 18.3 Å². The van der Waals surface area contributed by atoms with Crippen LogP contribution in [0.2, 0.25) is 0 Å². The summed E-state index contributed by atoms with van der Waals surface area (Å²) in [6, 6.07) is 15.6.